The fourth-order valence-corrected chi connectivity index (χ4v) is 1.44. The van der Waals surface area contributed by atoms with Crippen molar-refractivity contribution < 1.29 is 32.0 Å². The van der Waals surface area contributed by atoms with E-state index in [0.717, 1.165) is 12.1 Å². The van der Waals surface area contributed by atoms with Crippen molar-refractivity contribution in [3.05, 3.63) is 36.1 Å². The monoisotopic (exact) mass is 317 g/mol. The van der Waals surface area contributed by atoms with Gasteiger partial charge < -0.3 is 14.0 Å². The third-order valence-electron chi connectivity index (χ3n) is 2.28. The Morgan fingerprint density at radius 1 is 1.18 bits per heavy atom. The van der Waals surface area contributed by atoms with Gasteiger partial charge in [-0.2, -0.15) is 0 Å². The number of aromatic nitrogens is 1. The number of halogens is 3. The van der Waals surface area contributed by atoms with Crippen LogP contribution in [0.3, 0.4) is 0 Å². The van der Waals surface area contributed by atoms with E-state index >= 15 is 0 Å². The van der Waals surface area contributed by atoms with Crippen LogP contribution in [0.1, 0.15) is 24.4 Å². The van der Waals surface area contributed by atoms with E-state index in [-0.39, 0.29) is 11.5 Å². The van der Waals surface area contributed by atoms with Gasteiger partial charge >= 0.3 is 12.3 Å². The maximum atomic E-state index is 12.0. The Labute approximate surface area is 124 Å². The molecule has 0 N–H and O–H groups in total. The van der Waals surface area contributed by atoms with Gasteiger partial charge in [-0.3, -0.25) is 0 Å². The second-order valence-corrected chi connectivity index (χ2v) is 3.64. The second-order valence-electron chi connectivity index (χ2n) is 3.64. The fraction of sp³-hybridized carbons (Fsp3) is 0.286. The highest BCUT2D eigenvalue weighted by Crippen LogP contribution is 2.26. The van der Waals surface area contributed by atoms with E-state index in [2.05, 4.69) is 14.6 Å². The lowest BCUT2D eigenvalue weighted by molar-refractivity contribution is -0.274. The van der Waals surface area contributed by atoms with Gasteiger partial charge in [-0.05, 0) is 24.3 Å². The van der Waals surface area contributed by atoms with Gasteiger partial charge in [0, 0.05) is 11.6 Å². The summed E-state index contributed by atoms with van der Waals surface area (Å²) >= 11 is 0. The number of methoxy groups -OCH3 is 1. The van der Waals surface area contributed by atoms with E-state index in [1.165, 1.54) is 25.3 Å². The van der Waals surface area contributed by atoms with Crippen molar-refractivity contribution in [3.63, 3.8) is 0 Å². The highest BCUT2D eigenvalue weighted by atomic mass is 19.4. The van der Waals surface area contributed by atoms with Crippen molar-refractivity contribution in [3.8, 4) is 17.0 Å². The van der Waals surface area contributed by atoms with Crippen LogP contribution < -0.4 is 4.74 Å². The Morgan fingerprint density at radius 3 is 2.27 bits per heavy atom. The van der Waals surface area contributed by atoms with E-state index in [1.807, 2.05) is 13.8 Å². The molecule has 0 amide bonds. The Hall–Kier alpha value is -2.51. The number of hydrogen-bond acceptors (Lipinski definition) is 5. The van der Waals surface area contributed by atoms with Gasteiger partial charge in [-0.25, -0.2) is 4.79 Å². The third-order valence-corrected chi connectivity index (χ3v) is 2.28. The molecule has 1 heterocycles. The van der Waals surface area contributed by atoms with Crippen LogP contribution in [0.25, 0.3) is 11.3 Å². The molecule has 0 aliphatic carbocycles. The molecule has 22 heavy (non-hydrogen) atoms. The van der Waals surface area contributed by atoms with Crippen molar-refractivity contribution in [1.29, 1.82) is 0 Å². The number of nitrogens with zero attached hydrogens (tertiary/aromatic N) is 1. The van der Waals surface area contributed by atoms with Crippen molar-refractivity contribution in [2.24, 2.45) is 0 Å². The minimum absolute atomic E-state index is 0.0990. The van der Waals surface area contributed by atoms with Crippen LogP contribution in [0.5, 0.6) is 5.75 Å². The number of alkyl halides is 3. The number of esters is 1. The predicted octanol–water partition coefficient (Wildman–Crippen LogP) is 4.05. The minimum atomic E-state index is -4.74. The van der Waals surface area contributed by atoms with Crippen LogP contribution >= 0.6 is 0 Å². The van der Waals surface area contributed by atoms with Gasteiger partial charge in [0.15, 0.2) is 0 Å². The molecule has 1 aromatic carbocycles. The maximum Gasteiger partial charge on any atom is 0.573 e. The first-order valence-corrected chi connectivity index (χ1v) is 6.30. The first kappa shape index (κ1) is 17.5. The molecule has 2 rings (SSSR count). The van der Waals surface area contributed by atoms with Gasteiger partial charge in [0.05, 0.1) is 7.11 Å². The maximum absolute atomic E-state index is 12.0. The summed E-state index contributed by atoms with van der Waals surface area (Å²) in [6.45, 7) is 4.00. The first-order chi connectivity index (χ1) is 10.4. The smallest absolute Gasteiger partial charge is 0.463 e. The molecule has 0 atom stereocenters. The van der Waals surface area contributed by atoms with Crippen LogP contribution in [0, 0.1) is 0 Å². The summed E-state index contributed by atoms with van der Waals surface area (Å²) in [5.74, 6) is -1.14. The van der Waals surface area contributed by atoms with Crippen molar-refractivity contribution >= 4 is 5.97 Å². The van der Waals surface area contributed by atoms with E-state index in [4.69, 9.17) is 4.52 Å². The average Bonchev–Trinajstić information content (AvgIpc) is 2.97. The zero-order chi connectivity index (χ0) is 16.8. The van der Waals surface area contributed by atoms with Gasteiger partial charge in [-0.1, -0.05) is 19.0 Å². The zero-order valence-electron chi connectivity index (χ0n) is 12.1. The van der Waals surface area contributed by atoms with E-state index in [9.17, 15) is 18.0 Å². The first-order valence-electron chi connectivity index (χ1n) is 6.30. The van der Waals surface area contributed by atoms with Gasteiger partial charge in [0.2, 0.25) is 5.76 Å². The lowest BCUT2D eigenvalue weighted by Crippen LogP contribution is -2.16. The lowest BCUT2D eigenvalue weighted by atomic mass is 10.1. The molecular formula is C14H14F3NO4. The van der Waals surface area contributed by atoms with Gasteiger partial charge in [0.25, 0.3) is 0 Å². The number of carbonyl (C=O) groups is 1. The van der Waals surface area contributed by atoms with Crippen LogP contribution in [-0.2, 0) is 4.74 Å². The average molecular weight is 317 g/mol. The quantitative estimate of drug-likeness (QED) is 0.799. The molecule has 0 aliphatic rings. The Kier molecular flexibility index (Phi) is 5.97. The Bertz CT molecular complexity index is 605. The molecule has 0 saturated carbocycles. The predicted molar refractivity (Wildman–Crippen MR) is 71.3 cm³/mol. The molecule has 0 radical (unpaired) electrons. The molecule has 0 spiro atoms. The topological polar surface area (TPSA) is 61.6 Å². The Morgan fingerprint density at radius 2 is 1.77 bits per heavy atom. The standard InChI is InChI=1S/C12H8F3NO4.C2H6/c1-18-11(17)10-6-9(16-20-10)7-2-4-8(5-3-7)19-12(13,14)15;1-2/h2-6H,1H3;1-2H3. The summed E-state index contributed by atoms with van der Waals surface area (Å²) in [5, 5.41) is 3.62. The number of carbonyl (C=O) groups excluding carboxylic acids is 1. The van der Waals surface area contributed by atoms with E-state index in [1.54, 1.807) is 0 Å². The van der Waals surface area contributed by atoms with Crippen LogP contribution in [0.4, 0.5) is 13.2 Å². The van der Waals surface area contributed by atoms with Crippen LogP contribution in [0.15, 0.2) is 34.9 Å². The summed E-state index contributed by atoms with van der Waals surface area (Å²) in [7, 11) is 1.19. The molecule has 0 aliphatic heterocycles. The van der Waals surface area contributed by atoms with E-state index < -0.39 is 12.3 Å². The lowest BCUT2D eigenvalue weighted by Gasteiger charge is -2.08. The molecule has 8 heteroatoms. The highest BCUT2D eigenvalue weighted by Gasteiger charge is 2.31. The molecular weight excluding hydrogens is 303 g/mol. The molecule has 2 aromatic rings. The molecule has 0 fully saturated rings. The summed E-state index contributed by atoms with van der Waals surface area (Å²) in [6.07, 6.45) is -4.74. The van der Waals surface area contributed by atoms with Crippen LogP contribution in [-0.4, -0.2) is 24.6 Å². The van der Waals surface area contributed by atoms with Gasteiger partial charge in [-0.15, -0.1) is 13.2 Å². The number of rotatable bonds is 3. The third kappa shape index (κ3) is 4.80. The second kappa shape index (κ2) is 7.48. The van der Waals surface area contributed by atoms with Gasteiger partial charge in [0.1, 0.15) is 11.4 Å². The van der Waals surface area contributed by atoms with Crippen LogP contribution in [0.2, 0.25) is 0 Å². The molecule has 120 valence electrons. The number of ether oxygens (including phenoxy) is 2. The van der Waals surface area contributed by atoms with Crippen molar-refractivity contribution in [2.75, 3.05) is 7.11 Å². The van der Waals surface area contributed by atoms with E-state index in [0.29, 0.717) is 11.3 Å². The minimum Gasteiger partial charge on any atom is -0.463 e. The summed E-state index contributed by atoms with van der Waals surface area (Å²) in [5.41, 5.74) is 0.766. The molecule has 1 aromatic heterocycles. The Balaban J connectivity index is 0.00000116. The molecule has 0 unspecified atom stereocenters. The van der Waals surface area contributed by atoms with Crippen molar-refractivity contribution in [1.82, 2.24) is 5.16 Å². The summed E-state index contributed by atoms with van der Waals surface area (Å²) in [6, 6.07) is 6.32. The summed E-state index contributed by atoms with van der Waals surface area (Å²) < 4.78 is 48.9. The largest absolute Gasteiger partial charge is 0.573 e. The SMILES string of the molecule is CC.COC(=O)c1cc(-c2ccc(OC(F)(F)F)cc2)no1. The molecule has 5 nitrogen and oxygen atoms in total. The molecule has 0 bridgehead atoms. The van der Waals surface area contributed by atoms with Crippen molar-refractivity contribution in [2.45, 2.75) is 20.2 Å². The zero-order valence-corrected chi connectivity index (χ0v) is 12.1. The highest BCUT2D eigenvalue weighted by molar-refractivity contribution is 5.87. The summed E-state index contributed by atoms with van der Waals surface area (Å²) in [4.78, 5) is 11.2. The molecule has 0 saturated heterocycles. The number of benzene rings is 1. The number of hydrogen-bond donors (Lipinski definition) is 0. The fourth-order valence-electron chi connectivity index (χ4n) is 1.44. The normalized spacial score (nSPS) is 10.5.